The van der Waals surface area contributed by atoms with Crippen LogP contribution >= 0.6 is 0 Å². The number of hydrogen-bond acceptors (Lipinski definition) is 4. The van der Waals surface area contributed by atoms with Gasteiger partial charge in [-0.1, -0.05) is 0 Å². The number of hydrogen-bond donors (Lipinski definition) is 1. The van der Waals surface area contributed by atoms with E-state index in [1.165, 1.54) is 0 Å². The Morgan fingerprint density at radius 2 is 1.61 bits per heavy atom. The number of nitrogens with two attached hydrogens (primary N) is 1. The molecule has 0 spiro atoms. The highest BCUT2D eigenvalue weighted by atomic mass is 16.5. The third-order valence-corrected chi connectivity index (χ3v) is 3.68. The number of morpholine rings is 1. The summed E-state index contributed by atoms with van der Waals surface area (Å²) in [5, 5.41) is 0. The average Bonchev–Trinajstić information content (AvgIpc) is 2.60. The molecule has 18 heavy (non-hydrogen) atoms. The molecule has 106 valence electrons. The van der Waals surface area contributed by atoms with Crippen molar-refractivity contribution in [1.29, 1.82) is 0 Å². The van der Waals surface area contributed by atoms with Gasteiger partial charge in [0.2, 0.25) is 0 Å². The van der Waals surface area contributed by atoms with Gasteiger partial charge in [-0.2, -0.15) is 0 Å². The summed E-state index contributed by atoms with van der Waals surface area (Å²) < 4.78 is 12.0. The van der Waals surface area contributed by atoms with Crippen molar-refractivity contribution in [3.8, 4) is 0 Å². The second-order valence-corrected chi connectivity index (χ2v) is 6.98. The Hall–Kier alpha value is -0.160. The molecule has 0 aromatic heterocycles. The van der Waals surface area contributed by atoms with Crippen molar-refractivity contribution >= 4 is 0 Å². The largest absolute Gasteiger partial charge is 0.372 e. The molecule has 2 aliphatic rings. The summed E-state index contributed by atoms with van der Waals surface area (Å²) in [6.07, 6.45) is 2.87. The molecule has 2 rings (SSSR count). The van der Waals surface area contributed by atoms with E-state index in [1.807, 2.05) is 0 Å². The minimum Gasteiger partial charge on any atom is -0.372 e. The summed E-state index contributed by atoms with van der Waals surface area (Å²) in [5.41, 5.74) is 5.51. The lowest BCUT2D eigenvalue weighted by Crippen LogP contribution is -2.58. The van der Waals surface area contributed by atoms with Crippen LogP contribution in [0.5, 0.6) is 0 Å². The van der Waals surface area contributed by atoms with Gasteiger partial charge >= 0.3 is 0 Å². The van der Waals surface area contributed by atoms with Crippen LogP contribution in [0.15, 0.2) is 0 Å². The van der Waals surface area contributed by atoms with Crippen molar-refractivity contribution in [2.75, 3.05) is 26.2 Å². The van der Waals surface area contributed by atoms with Crippen molar-refractivity contribution < 1.29 is 9.47 Å². The average molecular weight is 256 g/mol. The number of rotatable bonds is 3. The smallest absolute Gasteiger partial charge is 0.0760 e. The molecule has 0 saturated carbocycles. The third-order valence-electron chi connectivity index (χ3n) is 3.68. The zero-order valence-electron chi connectivity index (χ0n) is 12.2. The van der Waals surface area contributed by atoms with Crippen LogP contribution in [0, 0.1) is 0 Å². The van der Waals surface area contributed by atoms with Crippen molar-refractivity contribution in [2.45, 2.75) is 63.9 Å². The maximum atomic E-state index is 6.10. The van der Waals surface area contributed by atoms with Gasteiger partial charge in [0.1, 0.15) is 0 Å². The summed E-state index contributed by atoms with van der Waals surface area (Å²) in [6.45, 7) is 12.3. The van der Waals surface area contributed by atoms with Crippen LogP contribution in [0.4, 0.5) is 0 Å². The summed E-state index contributed by atoms with van der Waals surface area (Å²) in [4.78, 5) is 2.48. The Balaban J connectivity index is 1.89. The van der Waals surface area contributed by atoms with Crippen LogP contribution < -0.4 is 5.73 Å². The van der Waals surface area contributed by atoms with Gasteiger partial charge in [-0.3, -0.25) is 4.90 Å². The third kappa shape index (κ3) is 3.67. The Labute approximate surface area is 111 Å². The molecule has 2 N–H and O–H groups in total. The van der Waals surface area contributed by atoms with E-state index >= 15 is 0 Å². The Kier molecular flexibility index (Phi) is 4.02. The lowest BCUT2D eigenvalue weighted by molar-refractivity contribution is -0.184. The number of nitrogens with zero attached hydrogens (tertiary/aromatic N) is 1. The van der Waals surface area contributed by atoms with E-state index in [0.717, 1.165) is 32.5 Å². The minimum absolute atomic E-state index is 0.0758. The van der Waals surface area contributed by atoms with E-state index in [-0.39, 0.29) is 17.3 Å². The summed E-state index contributed by atoms with van der Waals surface area (Å²) in [7, 11) is 0. The van der Waals surface area contributed by atoms with E-state index in [0.29, 0.717) is 12.6 Å². The maximum Gasteiger partial charge on any atom is 0.0760 e. The quantitative estimate of drug-likeness (QED) is 0.829. The molecular formula is C14H28N2O2. The van der Waals surface area contributed by atoms with Crippen LogP contribution in [0.2, 0.25) is 0 Å². The topological polar surface area (TPSA) is 47.7 Å². The molecule has 0 amide bonds. The molecule has 4 nitrogen and oxygen atoms in total. The van der Waals surface area contributed by atoms with E-state index in [1.54, 1.807) is 0 Å². The highest BCUT2D eigenvalue weighted by molar-refractivity contribution is 4.90. The first-order valence-corrected chi connectivity index (χ1v) is 7.08. The predicted molar refractivity (Wildman–Crippen MR) is 72.6 cm³/mol. The Bertz CT molecular complexity index is 276. The molecule has 2 aliphatic heterocycles. The fourth-order valence-corrected chi connectivity index (χ4v) is 3.45. The van der Waals surface area contributed by atoms with Crippen LogP contribution in [0.3, 0.4) is 0 Å². The fraction of sp³-hybridized carbons (Fsp3) is 1.00. The van der Waals surface area contributed by atoms with Gasteiger partial charge in [0.05, 0.1) is 23.4 Å². The predicted octanol–water partition coefficient (Wildman–Crippen LogP) is 1.38. The van der Waals surface area contributed by atoms with Crippen molar-refractivity contribution in [3.05, 3.63) is 0 Å². The van der Waals surface area contributed by atoms with Gasteiger partial charge in [0, 0.05) is 26.2 Å². The van der Waals surface area contributed by atoms with E-state index in [2.05, 4.69) is 32.6 Å². The maximum absolute atomic E-state index is 6.10. The molecule has 2 fully saturated rings. The highest BCUT2D eigenvalue weighted by Gasteiger charge is 2.39. The zero-order chi connectivity index (χ0) is 13.4. The molecular weight excluding hydrogens is 228 g/mol. The summed E-state index contributed by atoms with van der Waals surface area (Å²) >= 11 is 0. The number of ether oxygens (including phenoxy) is 2. The SMILES string of the molecule is CC1(C)CN(C[C@@H]2CC[C@H](CN)O2)CC(C)(C)O1. The molecule has 0 aliphatic carbocycles. The molecule has 0 aromatic carbocycles. The lowest BCUT2D eigenvalue weighted by Gasteiger charge is -2.47. The highest BCUT2D eigenvalue weighted by Crippen LogP contribution is 2.29. The van der Waals surface area contributed by atoms with Crippen LogP contribution in [-0.2, 0) is 9.47 Å². The molecule has 4 heteroatoms. The monoisotopic (exact) mass is 256 g/mol. The van der Waals surface area contributed by atoms with Crippen molar-refractivity contribution in [2.24, 2.45) is 5.73 Å². The van der Waals surface area contributed by atoms with Gasteiger partial charge in [0.25, 0.3) is 0 Å². The zero-order valence-corrected chi connectivity index (χ0v) is 12.2. The lowest BCUT2D eigenvalue weighted by atomic mass is 9.98. The van der Waals surface area contributed by atoms with Crippen LogP contribution in [0.1, 0.15) is 40.5 Å². The molecule has 0 unspecified atom stereocenters. The van der Waals surface area contributed by atoms with Crippen molar-refractivity contribution in [3.63, 3.8) is 0 Å². The van der Waals surface area contributed by atoms with Gasteiger partial charge in [-0.15, -0.1) is 0 Å². The van der Waals surface area contributed by atoms with E-state index < -0.39 is 0 Å². The van der Waals surface area contributed by atoms with Gasteiger partial charge < -0.3 is 15.2 Å². The van der Waals surface area contributed by atoms with Crippen LogP contribution in [-0.4, -0.2) is 54.5 Å². The van der Waals surface area contributed by atoms with Crippen molar-refractivity contribution in [1.82, 2.24) is 4.90 Å². The first kappa shape index (κ1) is 14.3. The first-order valence-electron chi connectivity index (χ1n) is 7.08. The second-order valence-electron chi connectivity index (χ2n) is 6.98. The second kappa shape index (κ2) is 5.08. The summed E-state index contributed by atoms with van der Waals surface area (Å²) in [5.74, 6) is 0. The normalized spacial score (nSPS) is 35.8. The Morgan fingerprint density at radius 1 is 1.06 bits per heavy atom. The Morgan fingerprint density at radius 3 is 2.11 bits per heavy atom. The van der Waals surface area contributed by atoms with Crippen LogP contribution in [0.25, 0.3) is 0 Å². The standard InChI is InChI=1S/C14H28N2O2/c1-13(2)9-16(10-14(3,4)18-13)8-12-6-5-11(7-15)17-12/h11-12H,5-10,15H2,1-4H3/t11-,12+/m1/s1. The molecule has 2 heterocycles. The molecule has 0 aromatic rings. The van der Waals surface area contributed by atoms with Gasteiger partial charge in [-0.05, 0) is 40.5 Å². The van der Waals surface area contributed by atoms with Gasteiger partial charge in [-0.25, -0.2) is 0 Å². The van der Waals surface area contributed by atoms with Gasteiger partial charge in [0.15, 0.2) is 0 Å². The summed E-state index contributed by atoms with van der Waals surface area (Å²) in [6, 6.07) is 0. The minimum atomic E-state index is -0.0758. The molecule has 0 bridgehead atoms. The fourth-order valence-electron chi connectivity index (χ4n) is 3.45. The molecule has 2 atom stereocenters. The van der Waals surface area contributed by atoms with E-state index in [4.69, 9.17) is 15.2 Å². The first-order chi connectivity index (χ1) is 8.30. The molecule has 2 saturated heterocycles. The molecule has 0 radical (unpaired) electrons. The van der Waals surface area contributed by atoms with E-state index in [9.17, 15) is 0 Å².